The minimum absolute atomic E-state index is 0.287. The zero-order valence-electron chi connectivity index (χ0n) is 15.5. The average molecular weight is 446 g/mol. The lowest BCUT2D eigenvalue weighted by Gasteiger charge is -2.22. The highest BCUT2D eigenvalue weighted by molar-refractivity contribution is 9.10. The maximum absolute atomic E-state index is 12.9. The van der Waals surface area contributed by atoms with Gasteiger partial charge in [-0.15, -0.1) is 0 Å². The first-order valence-corrected chi connectivity index (χ1v) is 9.42. The highest BCUT2D eigenvalue weighted by Crippen LogP contribution is 2.30. The van der Waals surface area contributed by atoms with E-state index in [1.54, 1.807) is 44.4 Å². The third-order valence-corrected chi connectivity index (χ3v) is 5.12. The molecule has 1 aliphatic heterocycles. The van der Waals surface area contributed by atoms with E-state index in [9.17, 15) is 14.4 Å². The third-order valence-electron chi connectivity index (χ3n) is 4.63. The molecular formula is C20H20BrN3O4. The van der Waals surface area contributed by atoms with Crippen LogP contribution in [-0.4, -0.2) is 36.4 Å². The van der Waals surface area contributed by atoms with Crippen LogP contribution in [0.2, 0.25) is 0 Å². The number of benzene rings is 2. The minimum atomic E-state index is -1.21. The summed E-state index contributed by atoms with van der Waals surface area (Å²) in [6.45, 7) is 1.57. The molecule has 1 aliphatic rings. The van der Waals surface area contributed by atoms with Gasteiger partial charge in [0.15, 0.2) is 0 Å². The molecule has 1 atom stereocenters. The van der Waals surface area contributed by atoms with E-state index < -0.39 is 23.4 Å². The van der Waals surface area contributed by atoms with E-state index in [0.29, 0.717) is 5.56 Å². The van der Waals surface area contributed by atoms with Gasteiger partial charge in [0.2, 0.25) is 5.91 Å². The van der Waals surface area contributed by atoms with Crippen molar-refractivity contribution in [2.45, 2.75) is 19.0 Å². The summed E-state index contributed by atoms with van der Waals surface area (Å²) in [6.07, 6.45) is 0. The molecule has 7 nitrogen and oxygen atoms in total. The van der Waals surface area contributed by atoms with Crippen molar-refractivity contribution in [1.82, 2.24) is 15.5 Å². The number of methoxy groups -OCH3 is 1. The molecule has 0 saturated carbocycles. The number of hydrogen-bond donors (Lipinski definition) is 2. The van der Waals surface area contributed by atoms with Crippen molar-refractivity contribution in [2.75, 3.05) is 13.7 Å². The van der Waals surface area contributed by atoms with Gasteiger partial charge < -0.3 is 15.4 Å². The van der Waals surface area contributed by atoms with Crippen LogP contribution in [0.25, 0.3) is 0 Å². The summed E-state index contributed by atoms with van der Waals surface area (Å²) in [5.74, 6) is -0.158. The quantitative estimate of drug-likeness (QED) is 0.668. The minimum Gasteiger partial charge on any atom is -0.497 e. The predicted molar refractivity (Wildman–Crippen MR) is 107 cm³/mol. The number of imide groups is 1. The monoisotopic (exact) mass is 445 g/mol. The van der Waals surface area contributed by atoms with E-state index in [-0.39, 0.29) is 13.1 Å². The largest absolute Gasteiger partial charge is 0.497 e. The summed E-state index contributed by atoms with van der Waals surface area (Å²) in [7, 11) is 1.58. The lowest BCUT2D eigenvalue weighted by Crippen LogP contribution is -2.43. The molecule has 3 rings (SSSR count). The van der Waals surface area contributed by atoms with Gasteiger partial charge in [-0.25, -0.2) is 4.79 Å². The second-order valence-electron chi connectivity index (χ2n) is 6.58. The molecule has 0 spiro atoms. The number of amides is 4. The van der Waals surface area contributed by atoms with E-state index in [1.165, 1.54) is 0 Å². The molecule has 0 radical (unpaired) electrons. The molecule has 0 aromatic heterocycles. The summed E-state index contributed by atoms with van der Waals surface area (Å²) in [6, 6.07) is 13.8. The molecule has 2 N–H and O–H groups in total. The van der Waals surface area contributed by atoms with Crippen LogP contribution in [0.5, 0.6) is 5.75 Å². The number of carbonyl (C=O) groups excluding carboxylic acids is 3. The molecule has 8 heteroatoms. The van der Waals surface area contributed by atoms with Gasteiger partial charge in [0, 0.05) is 11.0 Å². The fraction of sp³-hybridized carbons (Fsp3) is 0.250. The molecule has 1 heterocycles. The number of ether oxygens (including phenoxy) is 1. The zero-order chi connectivity index (χ0) is 20.3. The molecule has 4 amide bonds. The van der Waals surface area contributed by atoms with E-state index in [2.05, 4.69) is 26.6 Å². The molecule has 28 heavy (non-hydrogen) atoms. The Hall–Kier alpha value is -2.87. The lowest BCUT2D eigenvalue weighted by molar-refractivity contribution is -0.134. The summed E-state index contributed by atoms with van der Waals surface area (Å²) < 4.78 is 5.89. The lowest BCUT2D eigenvalue weighted by atomic mass is 9.92. The van der Waals surface area contributed by atoms with Gasteiger partial charge in [-0.05, 0) is 42.3 Å². The van der Waals surface area contributed by atoms with E-state index in [1.807, 2.05) is 18.2 Å². The summed E-state index contributed by atoms with van der Waals surface area (Å²) in [5.41, 5.74) is 0.309. The molecular weight excluding hydrogens is 426 g/mol. The zero-order valence-corrected chi connectivity index (χ0v) is 17.1. The number of rotatable bonds is 6. The maximum atomic E-state index is 12.9. The first kappa shape index (κ1) is 19.9. The van der Waals surface area contributed by atoms with Crippen LogP contribution in [0, 0.1) is 0 Å². The molecule has 0 aliphatic carbocycles. The SMILES string of the molecule is COc1ccc(CNC(=O)CN2C(=O)N[C@](C)(c3cccc(Br)c3)C2=O)cc1. The average Bonchev–Trinajstić information content (AvgIpc) is 2.91. The van der Waals surface area contributed by atoms with Crippen LogP contribution in [-0.2, 0) is 21.7 Å². The van der Waals surface area contributed by atoms with Crippen LogP contribution in [0.15, 0.2) is 53.0 Å². The van der Waals surface area contributed by atoms with Crippen molar-refractivity contribution in [3.05, 3.63) is 64.1 Å². The van der Waals surface area contributed by atoms with Gasteiger partial charge in [-0.1, -0.05) is 40.2 Å². The normalized spacial score (nSPS) is 18.8. The fourth-order valence-corrected chi connectivity index (χ4v) is 3.38. The van der Waals surface area contributed by atoms with Gasteiger partial charge in [0.25, 0.3) is 5.91 Å². The Morgan fingerprint density at radius 3 is 2.57 bits per heavy atom. The van der Waals surface area contributed by atoms with Crippen molar-refractivity contribution in [3.8, 4) is 5.75 Å². The van der Waals surface area contributed by atoms with Crippen molar-refractivity contribution in [2.24, 2.45) is 0 Å². The van der Waals surface area contributed by atoms with Crippen LogP contribution in [0.1, 0.15) is 18.1 Å². The van der Waals surface area contributed by atoms with Crippen molar-refractivity contribution in [3.63, 3.8) is 0 Å². The number of nitrogens with one attached hydrogen (secondary N) is 2. The number of urea groups is 1. The second-order valence-corrected chi connectivity index (χ2v) is 7.50. The van der Waals surface area contributed by atoms with Crippen molar-refractivity contribution >= 4 is 33.8 Å². The first-order chi connectivity index (χ1) is 13.3. The van der Waals surface area contributed by atoms with Gasteiger partial charge >= 0.3 is 6.03 Å². The Bertz CT molecular complexity index is 916. The Morgan fingerprint density at radius 2 is 1.93 bits per heavy atom. The Morgan fingerprint density at radius 1 is 1.21 bits per heavy atom. The molecule has 1 saturated heterocycles. The van der Waals surface area contributed by atoms with Crippen LogP contribution < -0.4 is 15.4 Å². The van der Waals surface area contributed by atoms with E-state index >= 15 is 0 Å². The van der Waals surface area contributed by atoms with Crippen LogP contribution in [0.4, 0.5) is 4.79 Å². The van der Waals surface area contributed by atoms with Crippen LogP contribution in [0.3, 0.4) is 0 Å². The number of halogens is 1. The summed E-state index contributed by atoms with van der Waals surface area (Å²) in [4.78, 5) is 38.4. The Balaban J connectivity index is 1.64. The van der Waals surface area contributed by atoms with E-state index in [0.717, 1.165) is 20.7 Å². The Kier molecular flexibility index (Phi) is 5.69. The Labute approximate surface area is 171 Å². The highest BCUT2D eigenvalue weighted by Gasteiger charge is 2.49. The van der Waals surface area contributed by atoms with Gasteiger partial charge in [-0.2, -0.15) is 0 Å². The smallest absolute Gasteiger partial charge is 0.325 e. The number of hydrogen-bond acceptors (Lipinski definition) is 4. The molecule has 2 aromatic carbocycles. The van der Waals surface area contributed by atoms with E-state index in [4.69, 9.17) is 4.74 Å². The predicted octanol–water partition coefficient (Wildman–Crippen LogP) is 2.54. The first-order valence-electron chi connectivity index (χ1n) is 8.63. The standard InChI is InChI=1S/C20H20BrN3O4/c1-20(14-4-3-5-15(21)10-14)18(26)24(19(27)23-20)12-17(25)22-11-13-6-8-16(28-2)9-7-13/h3-10H,11-12H2,1-2H3,(H,22,25)(H,23,27)/t20-/m1/s1. The topological polar surface area (TPSA) is 87.7 Å². The number of carbonyl (C=O) groups is 3. The molecule has 0 bridgehead atoms. The van der Waals surface area contributed by atoms with Gasteiger partial charge in [-0.3, -0.25) is 14.5 Å². The van der Waals surface area contributed by atoms with Crippen LogP contribution >= 0.6 is 15.9 Å². The highest BCUT2D eigenvalue weighted by atomic mass is 79.9. The second kappa shape index (κ2) is 8.02. The summed E-state index contributed by atoms with van der Waals surface area (Å²) >= 11 is 3.37. The van der Waals surface area contributed by atoms with Crippen molar-refractivity contribution < 1.29 is 19.1 Å². The molecule has 1 fully saturated rings. The fourth-order valence-electron chi connectivity index (χ4n) is 2.98. The molecule has 0 unspecified atom stereocenters. The summed E-state index contributed by atoms with van der Waals surface area (Å²) in [5, 5.41) is 5.41. The maximum Gasteiger partial charge on any atom is 0.325 e. The molecule has 146 valence electrons. The molecule has 2 aromatic rings. The van der Waals surface area contributed by atoms with Crippen molar-refractivity contribution in [1.29, 1.82) is 0 Å². The number of nitrogens with zero attached hydrogens (tertiary/aromatic N) is 1. The third kappa shape index (κ3) is 4.01. The van der Waals surface area contributed by atoms with Gasteiger partial charge in [0.1, 0.15) is 17.8 Å². The van der Waals surface area contributed by atoms with Gasteiger partial charge in [0.05, 0.1) is 7.11 Å².